The van der Waals surface area contributed by atoms with Crippen molar-refractivity contribution >= 4 is 0 Å². The van der Waals surface area contributed by atoms with Gasteiger partial charge in [0.2, 0.25) is 0 Å². The van der Waals surface area contributed by atoms with E-state index in [0.717, 1.165) is 12.8 Å². The van der Waals surface area contributed by atoms with Crippen molar-refractivity contribution in [2.45, 2.75) is 44.5 Å². The highest BCUT2D eigenvalue weighted by Crippen LogP contribution is 2.36. The molecule has 15 heavy (non-hydrogen) atoms. The first-order chi connectivity index (χ1) is 7.09. The van der Waals surface area contributed by atoms with E-state index in [2.05, 4.69) is 12.1 Å². The number of aliphatic hydroxyl groups is 1. The Morgan fingerprint density at radius 1 is 1.20 bits per heavy atom. The Kier molecular flexibility index (Phi) is 2.81. The van der Waals surface area contributed by atoms with Crippen molar-refractivity contribution in [2.24, 2.45) is 0 Å². The molecule has 1 N–H and O–H groups in total. The zero-order chi connectivity index (χ0) is 10.9. The lowest BCUT2D eigenvalue weighted by Gasteiger charge is -2.40. The van der Waals surface area contributed by atoms with E-state index in [9.17, 15) is 5.11 Å². The molecule has 1 heterocycles. The van der Waals surface area contributed by atoms with E-state index in [-0.39, 0.29) is 12.2 Å². The van der Waals surface area contributed by atoms with Gasteiger partial charge in [0.25, 0.3) is 0 Å². The summed E-state index contributed by atoms with van der Waals surface area (Å²) in [6.45, 7) is 3.90. The molecule has 0 radical (unpaired) electrons. The zero-order valence-electron chi connectivity index (χ0n) is 9.31. The second-order valence-corrected chi connectivity index (χ2v) is 4.71. The van der Waals surface area contributed by atoms with E-state index < -0.39 is 5.60 Å². The summed E-state index contributed by atoms with van der Waals surface area (Å²) >= 11 is 0. The molecule has 1 aliphatic rings. The minimum Gasteiger partial charge on any atom is -0.390 e. The Bertz CT molecular complexity index is 319. The summed E-state index contributed by atoms with van der Waals surface area (Å²) in [7, 11) is 0. The minimum atomic E-state index is -0.432. The number of benzene rings is 1. The van der Waals surface area contributed by atoms with E-state index in [1.807, 2.05) is 32.0 Å². The number of ether oxygens (including phenoxy) is 1. The van der Waals surface area contributed by atoms with Crippen LogP contribution in [0.15, 0.2) is 30.3 Å². The van der Waals surface area contributed by atoms with Crippen molar-refractivity contribution in [2.75, 3.05) is 0 Å². The van der Waals surface area contributed by atoms with Gasteiger partial charge in [-0.25, -0.2) is 0 Å². The van der Waals surface area contributed by atoms with Crippen LogP contribution in [0.4, 0.5) is 0 Å². The lowest BCUT2D eigenvalue weighted by molar-refractivity contribution is -0.172. The number of aliphatic hydroxyl groups excluding tert-OH is 1. The van der Waals surface area contributed by atoms with Gasteiger partial charge in [-0.1, -0.05) is 30.3 Å². The summed E-state index contributed by atoms with van der Waals surface area (Å²) in [6, 6.07) is 10.2. The fraction of sp³-hybridized carbons (Fsp3) is 0.538. The van der Waals surface area contributed by atoms with Crippen LogP contribution in [-0.4, -0.2) is 16.8 Å². The molecule has 0 saturated carbocycles. The maximum atomic E-state index is 9.78. The molecule has 1 fully saturated rings. The Morgan fingerprint density at radius 2 is 1.87 bits per heavy atom. The minimum absolute atomic E-state index is 0.129. The number of rotatable bonds is 1. The molecule has 2 nitrogen and oxygen atoms in total. The van der Waals surface area contributed by atoms with Crippen molar-refractivity contribution in [3.05, 3.63) is 35.9 Å². The molecule has 1 aliphatic heterocycles. The molecule has 0 aromatic heterocycles. The van der Waals surface area contributed by atoms with Crippen LogP contribution in [0, 0.1) is 0 Å². The molecule has 1 aromatic rings. The van der Waals surface area contributed by atoms with Gasteiger partial charge in [-0.2, -0.15) is 0 Å². The van der Waals surface area contributed by atoms with Gasteiger partial charge < -0.3 is 9.84 Å². The molecule has 1 aromatic carbocycles. The van der Waals surface area contributed by atoms with E-state index >= 15 is 0 Å². The van der Waals surface area contributed by atoms with Gasteiger partial charge in [-0.05, 0) is 32.3 Å². The Hall–Kier alpha value is -0.860. The van der Waals surface area contributed by atoms with E-state index in [4.69, 9.17) is 4.74 Å². The largest absolute Gasteiger partial charge is 0.390 e. The lowest BCUT2D eigenvalue weighted by Crippen LogP contribution is -2.43. The van der Waals surface area contributed by atoms with Crippen LogP contribution in [0.1, 0.15) is 38.4 Å². The average molecular weight is 206 g/mol. The molecular formula is C13H18O2. The molecule has 2 rings (SSSR count). The van der Waals surface area contributed by atoms with Gasteiger partial charge >= 0.3 is 0 Å². The van der Waals surface area contributed by atoms with Crippen molar-refractivity contribution < 1.29 is 9.84 Å². The first kappa shape index (κ1) is 10.7. The maximum absolute atomic E-state index is 9.78. The molecule has 0 bridgehead atoms. The third-order valence-corrected chi connectivity index (χ3v) is 3.12. The molecular weight excluding hydrogens is 188 g/mol. The first-order valence-corrected chi connectivity index (χ1v) is 5.50. The third kappa shape index (κ3) is 2.21. The monoisotopic (exact) mass is 206 g/mol. The van der Waals surface area contributed by atoms with Crippen LogP contribution in [0.25, 0.3) is 0 Å². The second-order valence-electron chi connectivity index (χ2n) is 4.71. The number of hydrogen-bond acceptors (Lipinski definition) is 2. The molecule has 0 aliphatic carbocycles. The average Bonchev–Trinajstić information content (AvgIpc) is 2.23. The Morgan fingerprint density at radius 3 is 2.47 bits per heavy atom. The Labute approximate surface area is 90.9 Å². The van der Waals surface area contributed by atoms with Crippen LogP contribution in [0.5, 0.6) is 0 Å². The van der Waals surface area contributed by atoms with E-state index in [0.29, 0.717) is 0 Å². The summed E-state index contributed by atoms with van der Waals surface area (Å²) in [5.74, 6) is 0. The van der Waals surface area contributed by atoms with Gasteiger partial charge in [0, 0.05) is 0 Å². The predicted molar refractivity (Wildman–Crippen MR) is 59.6 cm³/mol. The smallest absolute Gasteiger partial charge is 0.0892 e. The lowest BCUT2D eigenvalue weighted by atomic mass is 9.89. The molecule has 0 unspecified atom stereocenters. The summed E-state index contributed by atoms with van der Waals surface area (Å²) < 4.78 is 5.92. The van der Waals surface area contributed by atoms with Gasteiger partial charge in [-0.3, -0.25) is 0 Å². The molecule has 82 valence electrons. The van der Waals surface area contributed by atoms with Crippen LogP contribution >= 0.6 is 0 Å². The van der Waals surface area contributed by atoms with Gasteiger partial charge in [-0.15, -0.1) is 0 Å². The highest BCUT2D eigenvalue weighted by molar-refractivity contribution is 5.18. The molecule has 2 heteroatoms. The number of hydrogen-bond donors (Lipinski definition) is 1. The standard InChI is InChI=1S/C13H18O2/c1-13(2)12(14)9-8-11(15-13)10-6-4-3-5-7-10/h3-7,11-12,14H,8-9H2,1-2H3/t11-,12+/m0/s1. The van der Waals surface area contributed by atoms with E-state index in [1.54, 1.807) is 0 Å². The third-order valence-electron chi connectivity index (χ3n) is 3.12. The van der Waals surface area contributed by atoms with Crippen molar-refractivity contribution in [3.8, 4) is 0 Å². The Balaban J connectivity index is 2.14. The van der Waals surface area contributed by atoms with Crippen molar-refractivity contribution in [3.63, 3.8) is 0 Å². The molecule has 1 saturated heterocycles. The van der Waals surface area contributed by atoms with Gasteiger partial charge in [0.15, 0.2) is 0 Å². The fourth-order valence-corrected chi connectivity index (χ4v) is 2.06. The summed E-state index contributed by atoms with van der Waals surface area (Å²) in [5.41, 5.74) is 0.774. The second kappa shape index (κ2) is 3.95. The molecule has 2 atom stereocenters. The normalized spacial score (nSPS) is 30.1. The van der Waals surface area contributed by atoms with Gasteiger partial charge in [0.1, 0.15) is 0 Å². The van der Waals surface area contributed by atoms with Crippen molar-refractivity contribution in [1.29, 1.82) is 0 Å². The highest BCUT2D eigenvalue weighted by atomic mass is 16.5. The zero-order valence-corrected chi connectivity index (χ0v) is 9.31. The quantitative estimate of drug-likeness (QED) is 0.765. The highest BCUT2D eigenvalue weighted by Gasteiger charge is 2.36. The topological polar surface area (TPSA) is 29.5 Å². The maximum Gasteiger partial charge on any atom is 0.0892 e. The van der Waals surface area contributed by atoms with Crippen LogP contribution in [0.3, 0.4) is 0 Å². The van der Waals surface area contributed by atoms with Crippen LogP contribution < -0.4 is 0 Å². The van der Waals surface area contributed by atoms with Crippen LogP contribution in [-0.2, 0) is 4.74 Å². The summed E-state index contributed by atoms with van der Waals surface area (Å²) in [5, 5.41) is 9.78. The summed E-state index contributed by atoms with van der Waals surface area (Å²) in [6.07, 6.45) is 1.49. The van der Waals surface area contributed by atoms with Crippen LogP contribution in [0.2, 0.25) is 0 Å². The molecule has 0 spiro atoms. The fourth-order valence-electron chi connectivity index (χ4n) is 2.06. The predicted octanol–water partition coefficient (Wildman–Crippen LogP) is 2.68. The van der Waals surface area contributed by atoms with E-state index in [1.165, 1.54) is 5.56 Å². The molecule has 0 amide bonds. The summed E-state index contributed by atoms with van der Waals surface area (Å²) in [4.78, 5) is 0. The van der Waals surface area contributed by atoms with Crippen molar-refractivity contribution in [1.82, 2.24) is 0 Å². The first-order valence-electron chi connectivity index (χ1n) is 5.50. The van der Waals surface area contributed by atoms with Gasteiger partial charge in [0.05, 0.1) is 17.8 Å². The SMILES string of the molecule is CC1(C)O[C@H](c2ccccc2)CC[C@H]1O.